The molecule has 8 heteroatoms. The van der Waals surface area contributed by atoms with Crippen molar-refractivity contribution in [3.05, 3.63) is 59.8 Å². The third-order valence-corrected chi connectivity index (χ3v) is 6.54. The highest BCUT2D eigenvalue weighted by molar-refractivity contribution is 14.0. The van der Waals surface area contributed by atoms with Gasteiger partial charge in [0.05, 0.1) is 0 Å². The van der Waals surface area contributed by atoms with Gasteiger partial charge in [-0.05, 0) is 48.9 Å². The van der Waals surface area contributed by atoms with Crippen LogP contribution in [0.2, 0.25) is 0 Å². The molecule has 0 aliphatic carbocycles. The van der Waals surface area contributed by atoms with E-state index in [1.54, 1.807) is 7.05 Å². The molecule has 0 bridgehead atoms. The number of nitrogens with one attached hydrogen (secondary N) is 2. The average molecular weight is 577 g/mol. The average Bonchev–Trinajstić information content (AvgIpc) is 3.23. The molecule has 2 aliphatic heterocycles. The fraction of sp³-hybridized carbons (Fsp3) is 0.500. The lowest BCUT2D eigenvalue weighted by Gasteiger charge is -2.28. The Hall–Kier alpha value is -2.36. The largest absolute Gasteiger partial charge is 0.357 e. The fourth-order valence-electron chi connectivity index (χ4n) is 4.63. The van der Waals surface area contributed by atoms with Gasteiger partial charge in [0.1, 0.15) is 5.82 Å². The van der Waals surface area contributed by atoms with Gasteiger partial charge in [-0.2, -0.15) is 0 Å². The van der Waals surface area contributed by atoms with Gasteiger partial charge in [0.2, 0.25) is 5.91 Å². The van der Waals surface area contributed by atoms with E-state index in [1.165, 1.54) is 30.4 Å². The van der Waals surface area contributed by atoms with E-state index in [4.69, 9.17) is 0 Å². The fourth-order valence-corrected chi connectivity index (χ4v) is 4.63. The van der Waals surface area contributed by atoms with Crippen LogP contribution < -0.4 is 15.5 Å². The maximum atomic E-state index is 12.4. The van der Waals surface area contributed by atoms with E-state index in [1.807, 2.05) is 35.4 Å². The zero-order valence-corrected chi connectivity index (χ0v) is 22.4. The second-order valence-corrected chi connectivity index (χ2v) is 9.02. The maximum absolute atomic E-state index is 12.4. The summed E-state index contributed by atoms with van der Waals surface area (Å²) < 4.78 is 0. The van der Waals surface area contributed by atoms with E-state index in [0.29, 0.717) is 18.9 Å². The molecule has 184 valence electrons. The van der Waals surface area contributed by atoms with Crippen molar-refractivity contribution in [2.75, 3.05) is 44.7 Å². The lowest BCUT2D eigenvalue weighted by molar-refractivity contribution is -0.127. The van der Waals surface area contributed by atoms with Gasteiger partial charge in [-0.1, -0.05) is 30.3 Å². The molecule has 0 saturated carbocycles. The summed E-state index contributed by atoms with van der Waals surface area (Å²) >= 11 is 0. The number of carbonyl (C=O) groups is 1. The molecule has 4 rings (SSSR count). The molecular formula is C26H37IN6O. The number of nitrogens with zero attached hydrogens (tertiary/aromatic N) is 4. The number of guanidine groups is 1. The van der Waals surface area contributed by atoms with Crippen molar-refractivity contribution in [3.63, 3.8) is 0 Å². The first-order valence-electron chi connectivity index (χ1n) is 12.2. The van der Waals surface area contributed by atoms with Crippen LogP contribution in [0.3, 0.4) is 0 Å². The van der Waals surface area contributed by atoms with Crippen LogP contribution in [0.25, 0.3) is 0 Å². The highest BCUT2D eigenvalue weighted by atomic mass is 127. The maximum Gasteiger partial charge on any atom is 0.223 e. The van der Waals surface area contributed by atoms with Crippen molar-refractivity contribution >= 4 is 41.7 Å². The van der Waals surface area contributed by atoms with Gasteiger partial charge >= 0.3 is 0 Å². The second kappa shape index (κ2) is 13.5. The molecule has 2 fully saturated rings. The molecule has 1 unspecified atom stereocenters. The summed E-state index contributed by atoms with van der Waals surface area (Å²) in [7, 11) is 1.78. The van der Waals surface area contributed by atoms with Gasteiger partial charge in [-0.25, -0.2) is 4.98 Å². The summed E-state index contributed by atoms with van der Waals surface area (Å²) in [6, 6.07) is 14.6. The van der Waals surface area contributed by atoms with Gasteiger partial charge in [0.25, 0.3) is 0 Å². The van der Waals surface area contributed by atoms with Crippen LogP contribution in [0.15, 0.2) is 53.7 Å². The van der Waals surface area contributed by atoms with E-state index >= 15 is 0 Å². The minimum absolute atomic E-state index is 0. The van der Waals surface area contributed by atoms with Gasteiger partial charge in [0.15, 0.2) is 5.96 Å². The highest BCUT2D eigenvalue weighted by Crippen LogP contribution is 2.19. The monoisotopic (exact) mass is 576 g/mol. The summed E-state index contributed by atoms with van der Waals surface area (Å²) in [5.41, 5.74) is 2.47. The molecule has 0 spiro atoms. The van der Waals surface area contributed by atoms with Crippen molar-refractivity contribution in [1.29, 1.82) is 0 Å². The van der Waals surface area contributed by atoms with Crippen LogP contribution in [0, 0.1) is 5.92 Å². The highest BCUT2D eigenvalue weighted by Gasteiger charge is 2.29. The predicted octanol–water partition coefficient (Wildman–Crippen LogP) is 3.45. The topological polar surface area (TPSA) is 72.9 Å². The van der Waals surface area contributed by atoms with Crippen molar-refractivity contribution in [2.45, 2.75) is 38.6 Å². The van der Waals surface area contributed by atoms with Crippen molar-refractivity contribution < 1.29 is 4.79 Å². The van der Waals surface area contributed by atoms with Gasteiger partial charge < -0.3 is 20.4 Å². The van der Waals surface area contributed by atoms with Gasteiger partial charge in [-0.3, -0.25) is 9.79 Å². The summed E-state index contributed by atoms with van der Waals surface area (Å²) in [5.74, 6) is 2.39. The Labute approximate surface area is 220 Å². The number of carbonyl (C=O) groups excluding carboxylic acids is 1. The molecular weight excluding hydrogens is 539 g/mol. The first-order valence-corrected chi connectivity index (χ1v) is 12.2. The Morgan fingerprint density at radius 1 is 1.09 bits per heavy atom. The van der Waals surface area contributed by atoms with Gasteiger partial charge in [-0.15, -0.1) is 24.0 Å². The quantitative estimate of drug-likeness (QED) is 0.286. The molecule has 1 atom stereocenters. The number of amides is 1. The Bertz CT molecular complexity index is 932. The lowest BCUT2D eigenvalue weighted by atomic mass is 10.1. The molecule has 2 saturated heterocycles. The number of hydrogen-bond acceptors (Lipinski definition) is 4. The number of pyridine rings is 1. The van der Waals surface area contributed by atoms with Crippen LogP contribution >= 0.6 is 24.0 Å². The standard InChI is InChI=1S/C26H36N6O.HI/c1-27-26(29-18-22-10-12-28-24(16-22)31-13-6-3-7-14-31)30-19-23-17-25(33)32(20-23)15-11-21-8-4-2-5-9-21;/h2,4-5,8-10,12,16,23H,3,6-7,11,13-15,17-20H2,1H3,(H2,27,29,30);1H. The Balaban J connectivity index is 0.00000324. The number of benzene rings is 1. The Morgan fingerprint density at radius 3 is 2.65 bits per heavy atom. The third kappa shape index (κ3) is 7.58. The van der Waals surface area contributed by atoms with Crippen LogP contribution in [0.4, 0.5) is 5.82 Å². The predicted molar refractivity (Wildman–Crippen MR) is 149 cm³/mol. The molecule has 7 nitrogen and oxygen atoms in total. The molecule has 2 aromatic rings. The molecule has 1 aromatic carbocycles. The molecule has 2 aliphatic rings. The minimum atomic E-state index is 0. The van der Waals surface area contributed by atoms with E-state index in [2.05, 4.69) is 43.7 Å². The summed E-state index contributed by atoms with van der Waals surface area (Å²) in [6.45, 7) is 5.20. The van der Waals surface area contributed by atoms with E-state index in [0.717, 1.165) is 50.9 Å². The van der Waals surface area contributed by atoms with Crippen molar-refractivity contribution in [3.8, 4) is 0 Å². The number of aromatic nitrogens is 1. The number of likely N-dealkylation sites (tertiary alicyclic amines) is 1. The summed E-state index contributed by atoms with van der Waals surface area (Å²) in [6.07, 6.45) is 7.20. The molecule has 3 heterocycles. The number of piperidine rings is 1. The minimum Gasteiger partial charge on any atom is -0.357 e. The van der Waals surface area contributed by atoms with Crippen molar-refractivity contribution in [1.82, 2.24) is 20.5 Å². The Kier molecular flexibility index (Phi) is 10.4. The first kappa shape index (κ1) is 26.2. The van der Waals surface area contributed by atoms with Crippen molar-refractivity contribution in [2.24, 2.45) is 10.9 Å². The normalized spacial score (nSPS) is 18.6. The lowest BCUT2D eigenvalue weighted by Crippen LogP contribution is -2.40. The smallest absolute Gasteiger partial charge is 0.223 e. The number of anilines is 1. The number of aliphatic imine (C=N–C) groups is 1. The second-order valence-electron chi connectivity index (χ2n) is 9.02. The molecule has 1 aromatic heterocycles. The van der Waals surface area contributed by atoms with Crippen LogP contribution in [-0.4, -0.2) is 61.5 Å². The van der Waals surface area contributed by atoms with Crippen LogP contribution in [-0.2, 0) is 17.8 Å². The zero-order valence-electron chi connectivity index (χ0n) is 20.1. The molecule has 34 heavy (non-hydrogen) atoms. The van der Waals surface area contributed by atoms with E-state index in [9.17, 15) is 4.79 Å². The SMILES string of the molecule is CN=C(NCc1ccnc(N2CCCCC2)c1)NCC1CC(=O)N(CCc2ccccc2)C1.I. The Morgan fingerprint density at radius 2 is 1.88 bits per heavy atom. The summed E-state index contributed by atoms with van der Waals surface area (Å²) in [5, 5.41) is 6.81. The summed E-state index contributed by atoms with van der Waals surface area (Å²) in [4.78, 5) is 25.7. The first-order chi connectivity index (χ1) is 16.2. The number of hydrogen-bond donors (Lipinski definition) is 2. The molecule has 0 radical (unpaired) electrons. The van der Waals surface area contributed by atoms with Gasteiger partial charge in [0, 0.05) is 64.9 Å². The van der Waals surface area contributed by atoms with E-state index < -0.39 is 0 Å². The number of halogens is 1. The molecule has 1 amide bonds. The van der Waals surface area contributed by atoms with Crippen LogP contribution in [0.5, 0.6) is 0 Å². The van der Waals surface area contributed by atoms with Crippen LogP contribution in [0.1, 0.15) is 36.8 Å². The third-order valence-electron chi connectivity index (χ3n) is 6.54. The number of rotatable bonds is 8. The zero-order chi connectivity index (χ0) is 22.9. The van der Waals surface area contributed by atoms with E-state index in [-0.39, 0.29) is 29.9 Å². The molecule has 2 N–H and O–H groups in total.